The predicted octanol–water partition coefficient (Wildman–Crippen LogP) is 21.1. The number of allylic oxidation sites excluding steroid dienone is 14. The first-order chi connectivity index (χ1) is 36.0. The van der Waals surface area contributed by atoms with Crippen molar-refractivity contribution in [1.82, 2.24) is 0 Å². The molecule has 1 atom stereocenters. The zero-order chi connectivity index (χ0) is 52.9. The Bertz CT molecular complexity index is 1400. The molecule has 0 saturated carbocycles. The molecule has 73 heavy (non-hydrogen) atoms. The summed E-state index contributed by atoms with van der Waals surface area (Å²) < 4.78 is 16.8. The molecular formula is C67H116O6. The Morgan fingerprint density at radius 1 is 0.288 bits per heavy atom. The van der Waals surface area contributed by atoms with Crippen molar-refractivity contribution in [2.75, 3.05) is 13.2 Å². The molecule has 0 bridgehead atoms. The van der Waals surface area contributed by atoms with E-state index in [4.69, 9.17) is 14.2 Å². The number of carbonyl (C=O) groups excluding carboxylic acids is 3. The highest BCUT2D eigenvalue weighted by atomic mass is 16.6. The average molecular weight is 1020 g/mol. The molecule has 0 amide bonds. The minimum atomic E-state index is -0.808. The molecule has 0 aromatic rings. The van der Waals surface area contributed by atoms with Gasteiger partial charge in [-0.1, -0.05) is 266 Å². The summed E-state index contributed by atoms with van der Waals surface area (Å²) in [6.07, 6.45) is 80.3. The van der Waals surface area contributed by atoms with E-state index in [1.807, 2.05) is 6.08 Å². The Morgan fingerprint density at radius 3 is 0.932 bits per heavy atom. The van der Waals surface area contributed by atoms with E-state index in [2.05, 4.69) is 99.8 Å². The number of esters is 3. The van der Waals surface area contributed by atoms with Gasteiger partial charge in [-0.25, -0.2) is 0 Å². The van der Waals surface area contributed by atoms with E-state index in [0.29, 0.717) is 19.3 Å². The number of unbranched alkanes of at least 4 members (excludes halogenated alkanes) is 31. The Morgan fingerprint density at radius 2 is 0.562 bits per heavy atom. The van der Waals surface area contributed by atoms with Gasteiger partial charge in [-0.05, 0) is 103 Å². The fourth-order valence-corrected chi connectivity index (χ4v) is 8.72. The van der Waals surface area contributed by atoms with E-state index in [0.717, 1.165) is 70.6 Å². The van der Waals surface area contributed by atoms with Gasteiger partial charge in [0.25, 0.3) is 0 Å². The highest BCUT2D eigenvalue weighted by molar-refractivity contribution is 5.71. The number of ether oxygens (including phenoxy) is 3. The molecule has 0 fully saturated rings. The lowest BCUT2D eigenvalue weighted by atomic mass is 10.0. The highest BCUT2D eigenvalue weighted by Crippen LogP contribution is 2.16. The van der Waals surface area contributed by atoms with Crippen LogP contribution in [0.5, 0.6) is 0 Å². The topological polar surface area (TPSA) is 78.9 Å². The second-order valence-electron chi connectivity index (χ2n) is 20.6. The van der Waals surface area contributed by atoms with Crippen molar-refractivity contribution < 1.29 is 28.6 Å². The third kappa shape index (κ3) is 59.3. The van der Waals surface area contributed by atoms with Crippen molar-refractivity contribution in [3.05, 3.63) is 85.1 Å². The Labute approximate surface area is 452 Å². The largest absolute Gasteiger partial charge is 0.462 e. The SMILES string of the molecule is CC/C=C\C/C=C\C/C=C\C/C=C\CCC(=O)OCC(COC(=O)CCCCCCCCCCCCCCC/C=C\C/C=C\CCCCCCC)OC(=O)CCCCCCCCC/C=C\CCCCCCCC. The lowest BCUT2D eigenvalue weighted by molar-refractivity contribution is -0.166. The quantitative estimate of drug-likeness (QED) is 0.0261. The van der Waals surface area contributed by atoms with Gasteiger partial charge in [0.05, 0.1) is 0 Å². The normalized spacial score (nSPS) is 12.6. The molecule has 0 saturated heterocycles. The van der Waals surface area contributed by atoms with Gasteiger partial charge >= 0.3 is 17.9 Å². The lowest BCUT2D eigenvalue weighted by Gasteiger charge is -2.18. The summed E-state index contributed by atoms with van der Waals surface area (Å²) in [6.45, 7) is 6.47. The molecule has 0 rings (SSSR count). The number of rotatable bonds is 56. The van der Waals surface area contributed by atoms with Gasteiger partial charge in [-0.15, -0.1) is 0 Å². The van der Waals surface area contributed by atoms with E-state index in [1.165, 1.54) is 186 Å². The fourth-order valence-electron chi connectivity index (χ4n) is 8.72. The fraction of sp³-hybridized carbons (Fsp3) is 0.746. The molecule has 420 valence electrons. The van der Waals surface area contributed by atoms with Gasteiger partial charge < -0.3 is 14.2 Å². The van der Waals surface area contributed by atoms with Crippen LogP contribution < -0.4 is 0 Å². The molecule has 0 aromatic carbocycles. The average Bonchev–Trinajstić information content (AvgIpc) is 3.39. The maximum atomic E-state index is 12.9. The number of carbonyl (C=O) groups is 3. The van der Waals surface area contributed by atoms with Gasteiger partial charge in [-0.3, -0.25) is 14.4 Å². The van der Waals surface area contributed by atoms with Crippen molar-refractivity contribution in [1.29, 1.82) is 0 Å². The van der Waals surface area contributed by atoms with Crippen molar-refractivity contribution >= 4 is 17.9 Å². The van der Waals surface area contributed by atoms with Crippen LogP contribution in [0.3, 0.4) is 0 Å². The van der Waals surface area contributed by atoms with Crippen LogP contribution in [0.1, 0.15) is 303 Å². The standard InChI is InChI=1S/C67H116O6/c1-4-7-10-13-16-19-22-25-27-29-30-31-32-33-34-35-36-38-39-42-45-48-51-54-57-60-66(69)72-63-64(62-71-65(68)59-56-53-50-47-44-41-24-21-18-15-12-9-6-3)73-67(70)61-58-55-52-49-46-43-40-37-28-26-23-20-17-14-11-8-5-2/h9,12,18,21-22,25-26,28-30,41,44,50,53,64H,4-8,10-11,13-17,19-20,23-24,27,31-40,42-43,45-49,51-52,54-63H2,1-3H3/b12-9-,21-18-,25-22-,28-26-,30-29-,44-41-,53-50-. The Balaban J connectivity index is 4.33. The third-order valence-electron chi connectivity index (χ3n) is 13.4. The van der Waals surface area contributed by atoms with E-state index >= 15 is 0 Å². The molecule has 0 N–H and O–H groups in total. The van der Waals surface area contributed by atoms with Crippen molar-refractivity contribution in [3.63, 3.8) is 0 Å². The Kier molecular flexibility index (Phi) is 58.3. The van der Waals surface area contributed by atoms with E-state index in [-0.39, 0.29) is 37.5 Å². The summed E-state index contributed by atoms with van der Waals surface area (Å²) in [5, 5.41) is 0. The molecule has 0 radical (unpaired) electrons. The third-order valence-corrected chi connectivity index (χ3v) is 13.4. The maximum Gasteiger partial charge on any atom is 0.306 e. The van der Waals surface area contributed by atoms with Gasteiger partial charge in [0.1, 0.15) is 13.2 Å². The van der Waals surface area contributed by atoms with Crippen molar-refractivity contribution in [3.8, 4) is 0 Å². The monoisotopic (exact) mass is 1020 g/mol. The van der Waals surface area contributed by atoms with Gasteiger partial charge in [0.15, 0.2) is 6.10 Å². The van der Waals surface area contributed by atoms with Crippen molar-refractivity contribution in [2.24, 2.45) is 0 Å². The van der Waals surface area contributed by atoms with Crippen LogP contribution in [-0.4, -0.2) is 37.2 Å². The molecule has 6 heteroatoms. The second-order valence-corrected chi connectivity index (χ2v) is 20.6. The molecular weight excluding hydrogens is 901 g/mol. The smallest absolute Gasteiger partial charge is 0.306 e. The zero-order valence-electron chi connectivity index (χ0n) is 48.1. The van der Waals surface area contributed by atoms with E-state index in [9.17, 15) is 14.4 Å². The van der Waals surface area contributed by atoms with Crippen LogP contribution >= 0.6 is 0 Å². The summed E-state index contributed by atoms with van der Waals surface area (Å²) >= 11 is 0. The zero-order valence-corrected chi connectivity index (χ0v) is 48.1. The van der Waals surface area contributed by atoms with Gasteiger partial charge in [0, 0.05) is 19.3 Å². The maximum absolute atomic E-state index is 12.9. The summed E-state index contributed by atoms with van der Waals surface area (Å²) in [6, 6.07) is 0. The van der Waals surface area contributed by atoms with Crippen LogP contribution in [-0.2, 0) is 28.6 Å². The van der Waals surface area contributed by atoms with E-state index in [1.54, 1.807) is 0 Å². The molecule has 0 spiro atoms. The highest BCUT2D eigenvalue weighted by Gasteiger charge is 2.19. The van der Waals surface area contributed by atoms with E-state index < -0.39 is 6.10 Å². The number of hydrogen-bond donors (Lipinski definition) is 0. The molecule has 6 nitrogen and oxygen atoms in total. The molecule has 0 aromatic heterocycles. The molecule has 0 aliphatic carbocycles. The predicted molar refractivity (Wildman–Crippen MR) is 316 cm³/mol. The van der Waals surface area contributed by atoms with Gasteiger partial charge in [-0.2, -0.15) is 0 Å². The molecule has 0 heterocycles. The summed E-state index contributed by atoms with van der Waals surface area (Å²) in [5.74, 6) is -0.981. The minimum Gasteiger partial charge on any atom is -0.462 e. The first-order valence-corrected chi connectivity index (χ1v) is 31.1. The van der Waals surface area contributed by atoms with Crippen molar-refractivity contribution in [2.45, 2.75) is 309 Å². The Hall–Kier alpha value is -3.41. The minimum absolute atomic E-state index is 0.0995. The first kappa shape index (κ1) is 69.6. The summed E-state index contributed by atoms with van der Waals surface area (Å²) in [7, 11) is 0. The summed E-state index contributed by atoms with van der Waals surface area (Å²) in [5.41, 5.74) is 0. The first-order valence-electron chi connectivity index (χ1n) is 31.1. The van der Waals surface area contributed by atoms with Gasteiger partial charge in [0.2, 0.25) is 0 Å². The van der Waals surface area contributed by atoms with Crippen LogP contribution in [0.4, 0.5) is 0 Å². The van der Waals surface area contributed by atoms with Crippen LogP contribution in [0.25, 0.3) is 0 Å². The van der Waals surface area contributed by atoms with Crippen LogP contribution in [0, 0.1) is 0 Å². The second kappa shape index (κ2) is 61.1. The molecule has 0 aliphatic heterocycles. The van der Waals surface area contributed by atoms with Crippen LogP contribution in [0.15, 0.2) is 85.1 Å². The molecule has 1 unspecified atom stereocenters. The molecule has 0 aliphatic rings. The lowest BCUT2D eigenvalue weighted by Crippen LogP contribution is -2.30. The summed E-state index contributed by atoms with van der Waals surface area (Å²) in [4.78, 5) is 38.2. The van der Waals surface area contributed by atoms with Crippen LogP contribution in [0.2, 0.25) is 0 Å². The number of hydrogen-bond acceptors (Lipinski definition) is 6.